The number of anilines is 1. The van der Waals surface area contributed by atoms with Crippen molar-refractivity contribution in [3.8, 4) is 0 Å². The highest BCUT2D eigenvalue weighted by molar-refractivity contribution is 5.96. The zero-order chi connectivity index (χ0) is 27.2. The van der Waals surface area contributed by atoms with Gasteiger partial charge in [0.05, 0.1) is 6.61 Å². The maximum atomic E-state index is 12.9. The van der Waals surface area contributed by atoms with Crippen molar-refractivity contribution in [2.45, 2.75) is 59.0 Å². The molecule has 11 heteroatoms. The lowest BCUT2D eigenvalue weighted by Crippen LogP contribution is -2.44. The molecule has 0 radical (unpaired) electrons. The van der Waals surface area contributed by atoms with E-state index in [9.17, 15) is 24.0 Å². The van der Waals surface area contributed by atoms with Crippen molar-refractivity contribution in [1.82, 2.24) is 20.1 Å². The van der Waals surface area contributed by atoms with Gasteiger partial charge in [0.15, 0.2) is 0 Å². The number of piperidine rings is 1. The number of nitrogens with one attached hydrogen (secondary N) is 3. The number of ether oxygens (including phenoxy) is 1. The third-order valence-electron chi connectivity index (χ3n) is 6.19. The summed E-state index contributed by atoms with van der Waals surface area (Å²) in [7, 11) is 0. The van der Waals surface area contributed by atoms with E-state index < -0.39 is 29.4 Å². The van der Waals surface area contributed by atoms with Crippen LogP contribution in [0.4, 0.5) is 5.69 Å². The molecule has 3 amide bonds. The lowest BCUT2D eigenvalue weighted by molar-refractivity contribution is -0.137. The number of esters is 1. The van der Waals surface area contributed by atoms with Gasteiger partial charge in [0.2, 0.25) is 17.7 Å². The highest BCUT2D eigenvalue weighted by Gasteiger charge is 2.21. The fourth-order valence-electron chi connectivity index (χ4n) is 4.10. The van der Waals surface area contributed by atoms with Crippen molar-refractivity contribution < 1.29 is 23.9 Å². The lowest BCUT2D eigenvalue weighted by atomic mass is 9.97. The molecule has 1 aliphatic rings. The molecule has 0 unspecified atom stereocenters. The Morgan fingerprint density at radius 2 is 1.92 bits per heavy atom. The number of likely N-dealkylation sites (tertiary alicyclic amines) is 1. The van der Waals surface area contributed by atoms with E-state index in [0.717, 1.165) is 32.5 Å². The Morgan fingerprint density at radius 1 is 1.19 bits per heavy atom. The zero-order valence-electron chi connectivity index (χ0n) is 22.0. The van der Waals surface area contributed by atoms with Crippen LogP contribution in [0.25, 0.3) is 0 Å². The molecule has 2 rings (SSSR count). The van der Waals surface area contributed by atoms with Gasteiger partial charge in [-0.25, -0.2) is 4.79 Å². The number of aromatic nitrogens is 1. The van der Waals surface area contributed by atoms with E-state index in [4.69, 9.17) is 4.74 Å². The lowest BCUT2D eigenvalue weighted by Gasteiger charge is -2.31. The van der Waals surface area contributed by atoms with Gasteiger partial charge in [-0.3, -0.25) is 19.2 Å². The second-order valence-electron chi connectivity index (χ2n) is 9.01. The molecule has 204 valence electrons. The summed E-state index contributed by atoms with van der Waals surface area (Å²) in [5.74, 6) is -1.31. The van der Waals surface area contributed by atoms with E-state index in [1.54, 1.807) is 19.1 Å². The van der Waals surface area contributed by atoms with Crippen LogP contribution in [0.3, 0.4) is 0 Å². The summed E-state index contributed by atoms with van der Waals surface area (Å²) in [6.45, 7) is 8.89. The summed E-state index contributed by atoms with van der Waals surface area (Å²) in [4.78, 5) is 63.5. The Kier molecular flexibility index (Phi) is 12.5. The van der Waals surface area contributed by atoms with E-state index in [-0.39, 0.29) is 31.2 Å². The number of carbonyl (C=O) groups excluding carboxylic acids is 4. The molecule has 1 atom stereocenters. The Bertz CT molecular complexity index is 1010. The normalized spacial score (nSPS) is 15.2. The smallest absolute Gasteiger partial charge is 0.330 e. The van der Waals surface area contributed by atoms with Crippen LogP contribution in [0.2, 0.25) is 0 Å². The van der Waals surface area contributed by atoms with Crippen molar-refractivity contribution in [1.29, 1.82) is 0 Å². The molecule has 2 heterocycles. The zero-order valence-corrected chi connectivity index (χ0v) is 22.0. The molecule has 1 fully saturated rings. The van der Waals surface area contributed by atoms with Gasteiger partial charge < -0.3 is 30.2 Å². The minimum Gasteiger partial charge on any atom is -0.463 e. The molecule has 0 bridgehead atoms. The summed E-state index contributed by atoms with van der Waals surface area (Å²) >= 11 is 0. The molecule has 1 aromatic heterocycles. The second kappa shape index (κ2) is 15.6. The number of rotatable bonds is 13. The largest absolute Gasteiger partial charge is 0.463 e. The minimum absolute atomic E-state index is 0.00431. The molecular formula is C26H39N5O6. The highest BCUT2D eigenvalue weighted by atomic mass is 16.5. The average molecular weight is 518 g/mol. The van der Waals surface area contributed by atoms with Crippen molar-refractivity contribution in [2.24, 2.45) is 5.92 Å². The van der Waals surface area contributed by atoms with E-state index in [1.165, 1.54) is 29.8 Å². The van der Waals surface area contributed by atoms with E-state index in [0.29, 0.717) is 18.9 Å². The Morgan fingerprint density at radius 3 is 2.57 bits per heavy atom. The molecule has 0 spiro atoms. The number of hydrogen-bond acceptors (Lipinski definition) is 7. The van der Waals surface area contributed by atoms with Gasteiger partial charge in [-0.1, -0.05) is 13.0 Å². The third-order valence-corrected chi connectivity index (χ3v) is 6.19. The monoisotopic (exact) mass is 517 g/mol. The van der Waals surface area contributed by atoms with Gasteiger partial charge in [-0.15, -0.1) is 0 Å². The van der Waals surface area contributed by atoms with Crippen molar-refractivity contribution >= 4 is 29.4 Å². The summed E-state index contributed by atoms with van der Waals surface area (Å²) in [5, 5.41) is 8.02. The Labute approximate surface area is 217 Å². The number of amides is 3. The van der Waals surface area contributed by atoms with E-state index in [2.05, 4.69) is 27.8 Å². The first kappa shape index (κ1) is 29.8. The molecule has 3 N–H and O–H groups in total. The van der Waals surface area contributed by atoms with Gasteiger partial charge in [0, 0.05) is 25.7 Å². The van der Waals surface area contributed by atoms with Gasteiger partial charge in [0.1, 0.15) is 18.3 Å². The van der Waals surface area contributed by atoms with Crippen LogP contribution in [-0.4, -0.2) is 72.0 Å². The molecule has 11 nitrogen and oxygen atoms in total. The standard InChI is InChI=1S/C26H39N5O6/c1-4-30-15-12-20(13-16-30)17-27-23(33)18-31-14-8-10-22(26(31)36)29-25(35)21(28-19(3)32)9-6-7-11-24(34)37-5-2/h7-8,10-11,14,20-21H,4-6,9,12-13,15-18H2,1-3H3,(H,27,33)(H,28,32)(H,29,35)/b11-7+/t21-/m0/s1. The first-order valence-electron chi connectivity index (χ1n) is 12.8. The SMILES string of the molecule is CCOC(=O)/C=C/CC[C@H](NC(C)=O)C(=O)Nc1cccn(CC(=O)NCC2CCN(CC)CC2)c1=O. The number of pyridine rings is 1. The average Bonchev–Trinajstić information content (AvgIpc) is 2.87. The van der Waals surface area contributed by atoms with Gasteiger partial charge in [-0.2, -0.15) is 0 Å². The predicted molar refractivity (Wildman–Crippen MR) is 140 cm³/mol. The maximum absolute atomic E-state index is 12.9. The molecule has 0 saturated carbocycles. The molecule has 1 aromatic rings. The number of carbonyl (C=O) groups is 4. The molecular weight excluding hydrogens is 478 g/mol. The highest BCUT2D eigenvalue weighted by Crippen LogP contribution is 2.15. The minimum atomic E-state index is -0.917. The number of nitrogens with zero attached hydrogens (tertiary/aromatic N) is 2. The van der Waals surface area contributed by atoms with Crippen molar-refractivity contribution in [2.75, 3.05) is 38.1 Å². The van der Waals surface area contributed by atoms with Crippen LogP contribution in [0, 0.1) is 5.92 Å². The maximum Gasteiger partial charge on any atom is 0.330 e. The molecule has 1 aliphatic heterocycles. The molecule has 37 heavy (non-hydrogen) atoms. The predicted octanol–water partition coefficient (Wildman–Crippen LogP) is 1.04. The van der Waals surface area contributed by atoms with Crippen LogP contribution in [0.5, 0.6) is 0 Å². The fourth-order valence-corrected chi connectivity index (χ4v) is 4.10. The van der Waals surface area contributed by atoms with Gasteiger partial charge in [0.25, 0.3) is 5.56 Å². The third kappa shape index (κ3) is 10.6. The van der Waals surface area contributed by atoms with Crippen LogP contribution >= 0.6 is 0 Å². The molecule has 0 aromatic carbocycles. The first-order chi connectivity index (χ1) is 17.7. The van der Waals surface area contributed by atoms with Crippen LogP contribution in [-0.2, 0) is 30.5 Å². The topological polar surface area (TPSA) is 139 Å². The van der Waals surface area contributed by atoms with Crippen molar-refractivity contribution in [3.63, 3.8) is 0 Å². The summed E-state index contributed by atoms with van der Waals surface area (Å²) in [5.41, 5.74) is -0.518. The second-order valence-corrected chi connectivity index (χ2v) is 9.01. The van der Waals surface area contributed by atoms with Gasteiger partial charge in [-0.05, 0) is 70.3 Å². The number of hydrogen-bond donors (Lipinski definition) is 3. The van der Waals surface area contributed by atoms with E-state index in [1.807, 2.05) is 0 Å². The Hall–Kier alpha value is -3.47. The fraction of sp³-hybridized carbons (Fsp3) is 0.577. The molecule has 0 aliphatic carbocycles. The van der Waals surface area contributed by atoms with Crippen molar-refractivity contribution in [3.05, 3.63) is 40.8 Å². The van der Waals surface area contributed by atoms with Crippen LogP contribution < -0.4 is 21.5 Å². The van der Waals surface area contributed by atoms with E-state index >= 15 is 0 Å². The van der Waals surface area contributed by atoms with Gasteiger partial charge >= 0.3 is 5.97 Å². The number of allylic oxidation sites excluding steroid dienone is 1. The quantitative estimate of drug-likeness (QED) is 0.262. The first-order valence-corrected chi connectivity index (χ1v) is 12.8. The molecule has 1 saturated heterocycles. The van der Waals surface area contributed by atoms with Crippen LogP contribution in [0.1, 0.15) is 46.5 Å². The summed E-state index contributed by atoms with van der Waals surface area (Å²) < 4.78 is 6.04. The summed E-state index contributed by atoms with van der Waals surface area (Å²) in [6, 6.07) is 2.10. The summed E-state index contributed by atoms with van der Waals surface area (Å²) in [6.07, 6.45) is 6.91. The Balaban J connectivity index is 1.93. The van der Waals surface area contributed by atoms with Crippen LogP contribution in [0.15, 0.2) is 35.3 Å².